The molecule has 3 aromatic rings. The molecule has 0 bridgehead atoms. The van der Waals surface area contributed by atoms with Gasteiger partial charge in [0.05, 0.1) is 11.6 Å². The van der Waals surface area contributed by atoms with E-state index < -0.39 is 0 Å². The summed E-state index contributed by atoms with van der Waals surface area (Å²) in [5.74, 6) is 2.06. The van der Waals surface area contributed by atoms with E-state index in [1.807, 2.05) is 24.3 Å². The molecule has 2 aliphatic heterocycles. The number of piperidine rings is 1. The molecule has 7 heteroatoms. The van der Waals surface area contributed by atoms with E-state index in [0.717, 1.165) is 36.5 Å². The molecule has 1 saturated heterocycles. The zero-order valence-corrected chi connectivity index (χ0v) is 17.4. The SMILES string of the molecule is Cc1ccc(-c2ccc(N3CCC[C@@H](C(=O)Nc4ccc5c(c4)OCO5)C3)nn2)cc1. The van der Waals surface area contributed by atoms with Gasteiger partial charge in [-0.2, -0.15) is 0 Å². The van der Waals surface area contributed by atoms with Gasteiger partial charge in [0, 0.05) is 30.4 Å². The molecule has 0 aliphatic carbocycles. The summed E-state index contributed by atoms with van der Waals surface area (Å²) in [5.41, 5.74) is 3.82. The van der Waals surface area contributed by atoms with Crippen LogP contribution in [0.25, 0.3) is 11.3 Å². The van der Waals surface area contributed by atoms with Crippen LogP contribution < -0.4 is 19.7 Å². The molecule has 2 aromatic carbocycles. The van der Waals surface area contributed by atoms with Gasteiger partial charge in [0.2, 0.25) is 12.7 Å². The lowest BCUT2D eigenvalue weighted by Crippen LogP contribution is -2.41. The molecule has 1 aromatic heterocycles. The van der Waals surface area contributed by atoms with E-state index in [2.05, 4.69) is 51.6 Å². The van der Waals surface area contributed by atoms with Gasteiger partial charge >= 0.3 is 0 Å². The van der Waals surface area contributed by atoms with Gasteiger partial charge in [-0.25, -0.2) is 0 Å². The third-order valence-corrected chi connectivity index (χ3v) is 5.75. The van der Waals surface area contributed by atoms with Crippen LogP contribution in [0.15, 0.2) is 54.6 Å². The minimum absolute atomic E-state index is 0.00722. The van der Waals surface area contributed by atoms with Crippen molar-refractivity contribution >= 4 is 17.4 Å². The molecule has 2 aliphatic rings. The van der Waals surface area contributed by atoms with Crippen molar-refractivity contribution in [2.24, 2.45) is 5.92 Å². The molecule has 3 heterocycles. The van der Waals surface area contributed by atoms with E-state index in [4.69, 9.17) is 9.47 Å². The zero-order valence-electron chi connectivity index (χ0n) is 17.4. The molecule has 5 rings (SSSR count). The van der Waals surface area contributed by atoms with Gasteiger partial charge in [-0.3, -0.25) is 4.79 Å². The number of rotatable bonds is 4. The number of carbonyl (C=O) groups excluding carboxylic acids is 1. The van der Waals surface area contributed by atoms with E-state index in [-0.39, 0.29) is 18.6 Å². The molecule has 1 fully saturated rings. The van der Waals surface area contributed by atoms with E-state index in [0.29, 0.717) is 23.7 Å². The molecular weight excluding hydrogens is 392 g/mol. The minimum atomic E-state index is -0.113. The summed E-state index contributed by atoms with van der Waals surface area (Å²) in [6.45, 7) is 3.77. The highest BCUT2D eigenvalue weighted by atomic mass is 16.7. The average Bonchev–Trinajstić information content (AvgIpc) is 3.28. The molecule has 0 unspecified atom stereocenters. The first kappa shape index (κ1) is 19.4. The minimum Gasteiger partial charge on any atom is -0.454 e. The molecule has 7 nitrogen and oxygen atoms in total. The highest BCUT2D eigenvalue weighted by molar-refractivity contribution is 5.93. The van der Waals surface area contributed by atoms with Crippen LogP contribution in [-0.4, -0.2) is 36.0 Å². The number of carbonyl (C=O) groups is 1. The van der Waals surface area contributed by atoms with Crippen LogP contribution in [0.5, 0.6) is 11.5 Å². The summed E-state index contributed by atoms with van der Waals surface area (Å²) in [4.78, 5) is 15.0. The average molecular weight is 416 g/mol. The van der Waals surface area contributed by atoms with Gasteiger partial charge in [-0.15, -0.1) is 10.2 Å². The Morgan fingerprint density at radius 3 is 2.68 bits per heavy atom. The standard InChI is InChI=1S/C24H24N4O3/c1-16-4-6-17(7-5-16)20-9-11-23(27-26-20)28-12-2-3-18(14-28)24(29)25-19-8-10-21-22(13-19)31-15-30-21/h4-11,13,18H,2-3,12,14-15H2,1H3,(H,25,29)/t18-/m1/s1. The third-order valence-electron chi connectivity index (χ3n) is 5.75. The fraction of sp³-hybridized carbons (Fsp3) is 0.292. The normalized spacial score (nSPS) is 17.5. The van der Waals surface area contributed by atoms with Crippen LogP contribution in [0, 0.1) is 12.8 Å². The van der Waals surface area contributed by atoms with Gasteiger partial charge in [0.25, 0.3) is 0 Å². The second kappa shape index (κ2) is 8.26. The van der Waals surface area contributed by atoms with Gasteiger partial charge in [-0.1, -0.05) is 29.8 Å². The monoisotopic (exact) mass is 416 g/mol. The molecule has 0 saturated carbocycles. The highest BCUT2D eigenvalue weighted by Gasteiger charge is 2.27. The first-order valence-electron chi connectivity index (χ1n) is 10.5. The Kier molecular flexibility index (Phi) is 5.16. The Labute approximate surface area is 181 Å². The Balaban J connectivity index is 1.24. The predicted molar refractivity (Wildman–Crippen MR) is 118 cm³/mol. The molecule has 158 valence electrons. The van der Waals surface area contributed by atoms with Crippen LogP contribution >= 0.6 is 0 Å². The zero-order chi connectivity index (χ0) is 21.2. The second-order valence-electron chi connectivity index (χ2n) is 7.99. The Morgan fingerprint density at radius 1 is 1.03 bits per heavy atom. The number of benzene rings is 2. The maximum atomic E-state index is 12.9. The van der Waals surface area contributed by atoms with Crippen molar-refractivity contribution in [3.63, 3.8) is 0 Å². The number of aromatic nitrogens is 2. The topological polar surface area (TPSA) is 76.6 Å². The number of amides is 1. The van der Waals surface area contributed by atoms with Crippen LogP contribution in [0.3, 0.4) is 0 Å². The Morgan fingerprint density at radius 2 is 1.87 bits per heavy atom. The van der Waals surface area contributed by atoms with Gasteiger partial charge in [-0.05, 0) is 44.0 Å². The molecule has 1 N–H and O–H groups in total. The van der Waals surface area contributed by atoms with Crippen molar-refractivity contribution in [1.29, 1.82) is 0 Å². The van der Waals surface area contributed by atoms with Crippen LogP contribution in [0.4, 0.5) is 11.5 Å². The summed E-state index contributed by atoms with van der Waals surface area (Å²) in [6, 6.07) is 17.7. The fourth-order valence-electron chi connectivity index (χ4n) is 3.99. The summed E-state index contributed by atoms with van der Waals surface area (Å²) >= 11 is 0. The lowest BCUT2D eigenvalue weighted by atomic mass is 9.97. The van der Waals surface area contributed by atoms with Crippen molar-refractivity contribution in [1.82, 2.24) is 10.2 Å². The van der Waals surface area contributed by atoms with Crippen LogP contribution in [0.2, 0.25) is 0 Å². The number of hydrogen-bond donors (Lipinski definition) is 1. The van der Waals surface area contributed by atoms with Crippen molar-refractivity contribution in [3.05, 3.63) is 60.2 Å². The summed E-state index contributed by atoms with van der Waals surface area (Å²) in [7, 11) is 0. The first-order chi connectivity index (χ1) is 15.2. The van der Waals surface area contributed by atoms with Crippen molar-refractivity contribution in [2.75, 3.05) is 30.1 Å². The molecule has 31 heavy (non-hydrogen) atoms. The van der Waals surface area contributed by atoms with Crippen molar-refractivity contribution < 1.29 is 14.3 Å². The fourth-order valence-corrected chi connectivity index (χ4v) is 3.99. The molecular formula is C24H24N4O3. The van der Waals surface area contributed by atoms with Gasteiger partial charge in [0.15, 0.2) is 17.3 Å². The Bertz CT molecular complexity index is 1080. The Hall–Kier alpha value is -3.61. The summed E-state index contributed by atoms with van der Waals surface area (Å²) < 4.78 is 10.7. The van der Waals surface area contributed by atoms with E-state index in [9.17, 15) is 4.79 Å². The van der Waals surface area contributed by atoms with Crippen molar-refractivity contribution in [3.8, 4) is 22.8 Å². The number of ether oxygens (including phenoxy) is 2. The maximum Gasteiger partial charge on any atom is 0.231 e. The van der Waals surface area contributed by atoms with E-state index in [1.165, 1.54) is 5.56 Å². The number of aryl methyl sites for hydroxylation is 1. The lowest BCUT2D eigenvalue weighted by molar-refractivity contribution is -0.120. The number of hydrogen-bond acceptors (Lipinski definition) is 6. The quantitative estimate of drug-likeness (QED) is 0.692. The summed E-state index contributed by atoms with van der Waals surface area (Å²) in [6.07, 6.45) is 1.78. The maximum absolute atomic E-state index is 12.9. The molecule has 1 atom stereocenters. The number of fused-ring (bicyclic) bond motifs is 1. The van der Waals surface area contributed by atoms with E-state index >= 15 is 0 Å². The predicted octanol–water partition coefficient (Wildman–Crippen LogP) is 4.04. The molecule has 1 amide bonds. The largest absolute Gasteiger partial charge is 0.454 e. The van der Waals surface area contributed by atoms with Gasteiger partial charge in [0.1, 0.15) is 0 Å². The summed E-state index contributed by atoms with van der Waals surface area (Å²) in [5, 5.41) is 11.9. The van der Waals surface area contributed by atoms with Gasteiger partial charge < -0.3 is 19.7 Å². The molecule has 0 radical (unpaired) electrons. The number of anilines is 2. The lowest BCUT2D eigenvalue weighted by Gasteiger charge is -2.32. The first-order valence-corrected chi connectivity index (χ1v) is 10.5. The molecule has 0 spiro atoms. The second-order valence-corrected chi connectivity index (χ2v) is 7.99. The highest BCUT2D eigenvalue weighted by Crippen LogP contribution is 2.34. The third kappa shape index (κ3) is 4.17. The van der Waals surface area contributed by atoms with Crippen LogP contribution in [-0.2, 0) is 4.79 Å². The van der Waals surface area contributed by atoms with Crippen molar-refractivity contribution in [2.45, 2.75) is 19.8 Å². The smallest absolute Gasteiger partial charge is 0.231 e. The van der Waals surface area contributed by atoms with Crippen LogP contribution in [0.1, 0.15) is 18.4 Å². The van der Waals surface area contributed by atoms with E-state index in [1.54, 1.807) is 6.07 Å². The number of nitrogens with one attached hydrogen (secondary N) is 1. The number of nitrogens with zero attached hydrogens (tertiary/aromatic N) is 3.